The molecule has 0 bridgehead atoms. The van der Waals surface area contributed by atoms with E-state index in [1.54, 1.807) is 7.11 Å². The maximum atomic E-state index is 12.1. The van der Waals surface area contributed by atoms with E-state index in [1.165, 1.54) is 0 Å². The number of hydrogen-bond acceptors (Lipinski definition) is 5. The lowest BCUT2D eigenvalue weighted by Crippen LogP contribution is -2.55. The molecule has 2 aliphatic heterocycles. The highest BCUT2D eigenvalue weighted by Crippen LogP contribution is 2.36. The Morgan fingerprint density at radius 1 is 1.29 bits per heavy atom. The molecule has 1 atom stereocenters. The van der Waals surface area contributed by atoms with E-state index in [1.807, 2.05) is 24.3 Å². The number of carboxylic acids is 1. The highest BCUT2D eigenvalue weighted by atomic mass is 16.5. The van der Waals surface area contributed by atoms with Crippen LogP contribution < -0.4 is 15.4 Å². The Labute approximate surface area is 164 Å². The molecule has 1 aromatic rings. The van der Waals surface area contributed by atoms with Crippen molar-refractivity contribution < 1.29 is 24.2 Å². The van der Waals surface area contributed by atoms with Crippen LogP contribution in [-0.2, 0) is 20.9 Å². The van der Waals surface area contributed by atoms with E-state index in [-0.39, 0.29) is 18.2 Å². The molecule has 2 saturated heterocycles. The summed E-state index contributed by atoms with van der Waals surface area (Å²) in [5, 5.41) is 15.2. The van der Waals surface area contributed by atoms with Crippen molar-refractivity contribution in [2.24, 2.45) is 5.92 Å². The number of benzene rings is 1. The minimum absolute atomic E-state index is 0.0197. The van der Waals surface area contributed by atoms with Gasteiger partial charge < -0.3 is 25.4 Å². The second-order valence-corrected chi connectivity index (χ2v) is 7.52. The van der Waals surface area contributed by atoms with E-state index in [9.17, 15) is 19.5 Å². The van der Waals surface area contributed by atoms with Crippen LogP contribution in [0.5, 0.6) is 5.75 Å². The van der Waals surface area contributed by atoms with Crippen molar-refractivity contribution in [2.45, 2.75) is 37.8 Å². The van der Waals surface area contributed by atoms with Gasteiger partial charge in [0.25, 0.3) is 0 Å². The molecule has 2 fully saturated rings. The molecule has 0 unspecified atom stereocenters. The Morgan fingerprint density at radius 2 is 1.96 bits per heavy atom. The number of aliphatic carboxylic acids is 1. The number of amides is 2. The predicted molar refractivity (Wildman–Crippen MR) is 102 cm³/mol. The highest BCUT2D eigenvalue weighted by molar-refractivity contribution is 5.88. The molecule has 28 heavy (non-hydrogen) atoms. The Bertz CT molecular complexity index is 726. The summed E-state index contributed by atoms with van der Waals surface area (Å²) in [6, 6.07) is 7.55. The number of carbonyl (C=O) groups excluding carboxylic acids is 2. The fourth-order valence-corrected chi connectivity index (χ4v) is 4.06. The van der Waals surface area contributed by atoms with E-state index in [0.717, 1.165) is 11.3 Å². The molecule has 0 aromatic heterocycles. The minimum Gasteiger partial charge on any atom is -0.497 e. The number of rotatable bonds is 7. The van der Waals surface area contributed by atoms with Crippen LogP contribution in [-0.4, -0.2) is 60.1 Å². The average molecular weight is 389 g/mol. The normalized spacial score (nSPS) is 21.3. The van der Waals surface area contributed by atoms with Crippen molar-refractivity contribution in [1.82, 2.24) is 15.5 Å². The van der Waals surface area contributed by atoms with Gasteiger partial charge in [-0.25, -0.2) is 0 Å². The first-order chi connectivity index (χ1) is 13.4. The number of methoxy groups -OCH3 is 1. The molecule has 0 radical (unpaired) electrons. The van der Waals surface area contributed by atoms with Crippen molar-refractivity contribution in [3.63, 3.8) is 0 Å². The molecule has 3 N–H and O–H groups in total. The zero-order chi connectivity index (χ0) is 20.1. The number of hydrogen-bond donors (Lipinski definition) is 3. The summed E-state index contributed by atoms with van der Waals surface area (Å²) >= 11 is 0. The molecule has 2 heterocycles. The van der Waals surface area contributed by atoms with Crippen LogP contribution in [0.4, 0.5) is 0 Å². The van der Waals surface area contributed by atoms with Crippen LogP contribution in [0.3, 0.4) is 0 Å². The van der Waals surface area contributed by atoms with Crippen LogP contribution >= 0.6 is 0 Å². The number of carboxylic acid groups (broad SMARTS) is 1. The number of nitrogens with one attached hydrogen (secondary N) is 2. The number of ether oxygens (including phenoxy) is 1. The van der Waals surface area contributed by atoms with E-state index in [0.29, 0.717) is 45.4 Å². The van der Waals surface area contributed by atoms with E-state index in [4.69, 9.17) is 4.74 Å². The molecule has 1 aromatic carbocycles. The van der Waals surface area contributed by atoms with E-state index < -0.39 is 17.4 Å². The first-order valence-electron chi connectivity index (χ1n) is 9.58. The van der Waals surface area contributed by atoms with Gasteiger partial charge >= 0.3 is 5.97 Å². The first kappa shape index (κ1) is 20.1. The predicted octanol–water partition coefficient (Wildman–Crippen LogP) is 0.757. The van der Waals surface area contributed by atoms with Crippen molar-refractivity contribution in [2.75, 3.05) is 26.7 Å². The van der Waals surface area contributed by atoms with E-state index in [2.05, 4.69) is 15.5 Å². The smallest absolute Gasteiger partial charge is 0.309 e. The lowest BCUT2D eigenvalue weighted by atomic mass is 9.77. The van der Waals surface area contributed by atoms with Gasteiger partial charge in [0, 0.05) is 39.0 Å². The fraction of sp³-hybridized carbons (Fsp3) is 0.550. The Hall–Kier alpha value is -2.61. The molecule has 8 nitrogen and oxygen atoms in total. The van der Waals surface area contributed by atoms with Crippen LogP contribution in [0.25, 0.3) is 0 Å². The summed E-state index contributed by atoms with van der Waals surface area (Å²) < 4.78 is 5.11. The molecular weight excluding hydrogens is 362 g/mol. The second kappa shape index (κ2) is 8.60. The largest absolute Gasteiger partial charge is 0.497 e. The summed E-state index contributed by atoms with van der Waals surface area (Å²) in [4.78, 5) is 37.5. The SMILES string of the molecule is COc1ccc(CNC(=O)CCN2CCC3(CC2)NC(=O)C[C@H]3C(=O)O)cc1. The van der Waals surface area contributed by atoms with Crippen LogP contribution in [0.1, 0.15) is 31.2 Å². The van der Waals surface area contributed by atoms with Gasteiger partial charge in [0.1, 0.15) is 5.75 Å². The molecule has 3 rings (SSSR count). The number of carbonyl (C=O) groups is 3. The van der Waals surface area contributed by atoms with Gasteiger partial charge in [0.15, 0.2) is 0 Å². The monoisotopic (exact) mass is 389 g/mol. The maximum absolute atomic E-state index is 12.1. The highest BCUT2D eigenvalue weighted by Gasteiger charge is 2.51. The molecule has 152 valence electrons. The van der Waals surface area contributed by atoms with Gasteiger partial charge in [-0.2, -0.15) is 0 Å². The first-order valence-corrected chi connectivity index (χ1v) is 9.58. The lowest BCUT2D eigenvalue weighted by Gasteiger charge is -2.41. The molecule has 8 heteroatoms. The molecule has 0 saturated carbocycles. The molecule has 2 aliphatic rings. The fourth-order valence-electron chi connectivity index (χ4n) is 4.06. The number of nitrogens with zero attached hydrogens (tertiary/aromatic N) is 1. The van der Waals surface area contributed by atoms with Crippen molar-refractivity contribution >= 4 is 17.8 Å². The lowest BCUT2D eigenvalue weighted by molar-refractivity contribution is -0.144. The quantitative estimate of drug-likeness (QED) is 0.635. The third-order valence-corrected chi connectivity index (χ3v) is 5.80. The van der Waals surface area contributed by atoms with Crippen molar-refractivity contribution in [3.8, 4) is 5.75 Å². The summed E-state index contributed by atoms with van der Waals surface area (Å²) in [6.07, 6.45) is 1.65. The van der Waals surface area contributed by atoms with Gasteiger partial charge in [-0.05, 0) is 30.5 Å². The zero-order valence-corrected chi connectivity index (χ0v) is 16.1. The molecule has 1 spiro atoms. The summed E-state index contributed by atoms with van der Waals surface area (Å²) in [7, 11) is 1.61. The third-order valence-electron chi connectivity index (χ3n) is 5.80. The Balaban J connectivity index is 1.40. The van der Waals surface area contributed by atoms with Crippen LogP contribution in [0.2, 0.25) is 0 Å². The van der Waals surface area contributed by atoms with Crippen LogP contribution in [0, 0.1) is 5.92 Å². The van der Waals surface area contributed by atoms with Gasteiger partial charge in [-0.1, -0.05) is 12.1 Å². The Morgan fingerprint density at radius 3 is 2.57 bits per heavy atom. The van der Waals surface area contributed by atoms with Crippen molar-refractivity contribution in [3.05, 3.63) is 29.8 Å². The van der Waals surface area contributed by atoms with Crippen molar-refractivity contribution in [1.29, 1.82) is 0 Å². The molecule has 2 amide bonds. The number of likely N-dealkylation sites (tertiary alicyclic amines) is 1. The third kappa shape index (κ3) is 4.62. The summed E-state index contributed by atoms with van der Waals surface area (Å²) in [5.41, 5.74) is 0.376. The Kier molecular flexibility index (Phi) is 6.18. The van der Waals surface area contributed by atoms with Gasteiger partial charge in [-0.15, -0.1) is 0 Å². The average Bonchev–Trinajstić information content (AvgIpc) is 3.02. The second-order valence-electron chi connectivity index (χ2n) is 7.52. The molecule has 0 aliphatic carbocycles. The maximum Gasteiger partial charge on any atom is 0.309 e. The minimum atomic E-state index is -0.912. The van der Waals surface area contributed by atoms with Gasteiger partial charge in [-0.3, -0.25) is 14.4 Å². The summed E-state index contributed by atoms with van der Waals surface area (Å²) in [5.74, 6) is -0.992. The van der Waals surface area contributed by atoms with Gasteiger partial charge in [0.05, 0.1) is 18.6 Å². The topological polar surface area (TPSA) is 108 Å². The van der Waals surface area contributed by atoms with E-state index >= 15 is 0 Å². The van der Waals surface area contributed by atoms with Crippen LogP contribution in [0.15, 0.2) is 24.3 Å². The molecular formula is C20H27N3O5. The standard InChI is InChI=1S/C20H27N3O5/c1-28-15-4-2-14(3-5-15)13-21-17(24)6-9-23-10-7-20(8-11-23)16(19(26)27)12-18(25)22-20/h2-5,16H,6-13H2,1H3,(H,21,24)(H,22,25)(H,26,27)/t16-/m0/s1. The summed E-state index contributed by atoms with van der Waals surface area (Å²) in [6.45, 7) is 2.44. The zero-order valence-electron chi connectivity index (χ0n) is 16.1. The number of piperidine rings is 1. The van der Waals surface area contributed by atoms with Gasteiger partial charge in [0.2, 0.25) is 11.8 Å².